The Kier molecular flexibility index (Phi) is 4.15. The van der Waals surface area contributed by atoms with Crippen molar-refractivity contribution in [3.05, 3.63) is 70.5 Å². The van der Waals surface area contributed by atoms with Crippen molar-refractivity contribution in [3.8, 4) is 0 Å². The highest BCUT2D eigenvalue weighted by Gasteiger charge is 2.17. The summed E-state index contributed by atoms with van der Waals surface area (Å²) in [5.41, 5.74) is 1.10. The van der Waals surface area contributed by atoms with Crippen molar-refractivity contribution in [1.29, 1.82) is 0 Å². The van der Waals surface area contributed by atoms with Gasteiger partial charge >= 0.3 is 0 Å². The van der Waals surface area contributed by atoms with Crippen molar-refractivity contribution < 1.29 is 9.18 Å². The van der Waals surface area contributed by atoms with Gasteiger partial charge in [0.05, 0.1) is 16.7 Å². The van der Waals surface area contributed by atoms with Gasteiger partial charge in [0.2, 0.25) is 11.6 Å². The second-order valence-electron chi connectivity index (χ2n) is 6.04. The highest BCUT2D eigenvalue weighted by atomic mass is 19.1. The van der Waals surface area contributed by atoms with E-state index < -0.39 is 17.3 Å². The lowest BCUT2D eigenvalue weighted by molar-refractivity contribution is -0.116. The molecular formula is C19H16FN5O2. The predicted octanol–water partition coefficient (Wildman–Crippen LogP) is 2.38. The first-order valence-electron chi connectivity index (χ1n) is 8.50. The van der Waals surface area contributed by atoms with Crippen LogP contribution in [0, 0.1) is 5.82 Å². The molecule has 0 fully saturated rings. The van der Waals surface area contributed by atoms with Gasteiger partial charge in [0.1, 0.15) is 18.2 Å². The molecule has 0 spiro atoms. The van der Waals surface area contributed by atoms with Crippen LogP contribution in [0.4, 0.5) is 10.1 Å². The van der Waals surface area contributed by atoms with Crippen LogP contribution in [-0.2, 0) is 17.8 Å². The molecule has 0 aliphatic carbocycles. The summed E-state index contributed by atoms with van der Waals surface area (Å²) < 4.78 is 16.8. The molecule has 4 aromatic rings. The van der Waals surface area contributed by atoms with E-state index in [9.17, 15) is 14.0 Å². The molecule has 0 aliphatic rings. The van der Waals surface area contributed by atoms with Crippen molar-refractivity contribution in [2.45, 2.75) is 19.9 Å². The maximum Gasteiger partial charge on any atom is 0.297 e. The number of carbonyl (C=O) groups is 1. The molecular weight excluding hydrogens is 349 g/mol. The third kappa shape index (κ3) is 2.84. The minimum absolute atomic E-state index is 0.0664. The van der Waals surface area contributed by atoms with Gasteiger partial charge in [-0.3, -0.25) is 18.6 Å². The molecule has 8 heteroatoms. The molecule has 1 N–H and O–H groups in total. The number of benzene rings is 2. The van der Waals surface area contributed by atoms with E-state index in [1.165, 1.54) is 22.8 Å². The molecule has 7 nitrogen and oxygen atoms in total. The molecule has 2 aromatic carbocycles. The Hall–Kier alpha value is -3.55. The first-order chi connectivity index (χ1) is 13.1. The van der Waals surface area contributed by atoms with Crippen LogP contribution in [0.25, 0.3) is 16.7 Å². The number of carbonyl (C=O) groups excluding carboxylic acids is 1. The number of halogens is 1. The molecule has 0 saturated heterocycles. The number of fused-ring (bicyclic) bond motifs is 3. The second kappa shape index (κ2) is 6.64. The molecule has 1 amide bonds. The van der Waals surface area contributed by atoms with Crippen LogP contribution in [0.3, 0.4) is 0 Å². The van der Waals surface area contributed by atoms with Gasteiger partial charge in [0, 0.05) is 6.42 Å². The number of hydrogen-bond acceptors (Lipinski definition) is 4. The summed E-state index contributed by atoms with van der Waals surface area (Å²) in [5, 5.41) is 10.6. The van der Waals surface area contributed by atoms with E-state index in [1.807, 2.05) is 19.1 Å². The number of rotatable bonds is 4. The fourth-order valence-electron chi connectivity index (χ4n) is 3.10. The number of aromatic nitrogens is 4. The summed E-state index contributed by atoms with van der Waals surface area (Å²) in [5.74, 6) is -0.378. The number of nitrogens with zero attached hydrogens (tertiary/aromatic N) is 4. The van der Waals surface area contributed by atoms with Crippen molar-refractivity contribution in [3.63, 3.8) is 0 Å². The van der Waals surface area contributed by atoms with Gasteiger partial charge in [0.25, 0.3) is 5.56 Å². The molecule has 136 valence electrons. The zero-order valence-corrected chi connectivity index (χ0v) is 14.5. The molecule has 0 saturated carbocycles. The Morgan fingerprint density at radius 3 is 2.52 bits per heavy atom. The Labute approximate surface area is 153 Å². The highest BCUT2D eigenvalue weighted by molar-refractivity contribution is 5.92. The smallest absolute Gasteiger partial charge is 0.297 e. The molecule has 0 unspecified atom stereocenters. The first-order valence-corrected chi connectivity index (χ1v) is 8.50. The lowest BCUT2D eigenvalue weighted by Gasteiger charge is -2.12. The fourth-order valence-corrected chi connectivity index (χ4v) is 3.10. The van der Waals surface area contributed by atoms with E-state index in [0.717, 1.165) is 5.52 Å². The van der Waals surface area contributed by atoms with E-state index in [-0.39, 0.29) is 17.9 Å². The van der Waals surface area contributed by atoms with Crippen molar-refractivity contribution in [1.82, 2.24) is 19.2 Å². The standard InChI is InChI=1S/C19H16FN5O2/c1-2-16-22-23-18-19(27)24(14-9-5-6-10-15(14)25(16)18)11-17(26)21-13-8-4-3-7-12(13)20/h3-10H,2,11H2,1H3,(H,21,26). The highest BCUT2D eigenvalue weighted by Crippen LogP contribution is 2.16. The normalized spacial score (nSPS) is 11.2. The molecule has 27 heavy (non-hydrogen) atoms. The van der Waals surface area contributed by atoms with Crippen molar-refractivity contribution in [2.75, 3.05) is 5.32 Å². The van der Waals surface area contributed by atoms with Gasteiger partial charge in [-0.15, -0.1) is 10.2 Å². The van der Waals surface area contributed by atoms with Crippen molar-refractivity contribution in [2.24, 2.45) is 0 Å². The minimum atomic E-state index is -0.538. The summed E-state index contributed by atoms with van der Waals surface area (Å²) in [6, 6.07) is 13.1. The van der Waals surface area contributed by atoms with Gasteiger partial charge in [-0.25, -0.2) is 4.39 Å². The summed E-state index contributed by atoms with van der Waals surface area (Å²) in [6.07, 6.45) is 0.613. The number of nitrogens with one attached hydrogen (secondary N) is 1. The molecule has 4 rings (SSSR count). The first kappa shape index (κ1) is 16.9. The average molecular weight is 365 g/mol. The lowest BCUT2D eigenvalue weighted by atomic mass is 10.2. The second-order valence-corrected chi connectivity index (χ2v) is 6.04. The minimum Gasteiger partial charge on any atom is -0.322 e. The largest absolute Gasteiger partial charge is 0.322 e. The number of aryl methyl sites for hydroxylation is 1. The topological polar surface area (TPSA) is 81.3 Å². The van der Waals surface area contributed by atoms with Gasteiger partial charge in [0.15, 0.2) is 0 Å². The maximum atomic E-state index is 13.8. The van der Waals surface area contributed by atoms with Gasteiger partial charge in [-0.05, 0) is 24.3 Å². The third-order valence-electron chi connectivity index (χ3n) is 4.35. The maximum absolute atomic E-state index is 13.8. The zero-order valence-electron chi connectivity index (χ0n) is 14.5. The van der Waals surface area contributed by atoms with E-state index in [2.05, 4.69) is 15.5 Å². The van der Waals surface area contributed by atoms with Crippen LogP contribution in [-0.4, -0.2) is 25.1 Å². The van der Waals surface area contributed by atoms with Gasteiger partial charge in [-0.1, -0.05) is 31.2 Å². The Balaban J connectivity index is 1.81. The molecule has 0 aliphatic heterocycles. The fraction of sp³-hybridized carbons (Fsp3) is 0.158. The quantitative estimate of drug-likeness (QED) is 0.602. The zero-order chi connectivity index (χ0) is 19.0. The Bertz CT molecular complexity index is 1230. The van der Waals surface area contributed by atoms with Crippen LogP contribution in [0.15, 0.2) is 53.3 Å². The number of amides is 1. The Morgan fingerprint density at radius 2 is 1.78 bits per heavy atom. The summed E-state index contributed by atoms with van der Waals surface area (Å²) in [4.78, 5) is 25.4. The van der Waals surface area contributed by atoms with Crippen molar-refractivity contribution >= 4 is 28.3 Å². The number of anilines is 1. The summed E-state index contributed by atoms with van der Waals surface area (Å²) in [6.45, 7) is 1.66. The lowest BCUT2D eigenvalue weighted by Crippen LogP contribution is -2.29. The van der Waals surface area contributed by atoms with Crippen LogP contribution >= 0.6 is 0 Å². The van der Waals surface area contributed by atoms with E-state index in [4.69, 9.17) is 0 Å². The molecule has 2 aromatic heterocycles. The van der Waals surface area contributed by atoms with Crippen LogP contribution in [0.2, 0.25) is 0 Å². The van der Waals surface area contributed by atoms with Gasteiger partial charge < -0.3 is 5.32 Å². The van der Waals surface area contributed by atoms with Crippen LogP contribution < -0.4 is 10.9 Å². The molecule has 0 bridgehead atoms. The molecule has 0 atom stereocenters. The van der Waals surface area contributed by atoms with E-state index >= 15 is 0 Å². The number of para-hydroxylation sites is 3. The Morgan fingerprint density at radius 1 is 1.07 bits per heavy atom. The van der Waals surface area contributed by atoms with Gasteiger partial charge in [-0.2, -0.15) is 0 Å². The third-order valence-corrected chi connectivity index (χ3v) is 4.35. The molecule has 2 heterocycles. The van der Waals surface area contributed by atoms with Crippen LogP contribution in [0.5, 0.6) is 0 Å². The SMILES string of the molecule is CCc1nnc2c(=O)n(CC(=O)Nc3ccccc3F)c3ccccc3n12. The monoisotopic (exact) mass is 365 g/mol. The van der Waals surface area contributed by atoms with Crippen LogP contribution in [0.1, 0.15) is 12.7 Å². The van der Waals surface area contributed by atoms with E-state index in [0.29, 0.717) is 17.8 Å². The average Bonchev–Trinajstić information content (AvgIpc) is 3.11. The molecule has 0 radical (unpaired) electrons. The number of hydrogen-bond donors (Lipinski definition) is 1. The summed E-state index contributed by atoms with van der Waals surface area (Å²) in [7, 11) is 0. The predicted molar refractivity (Wildman–Crippen MR) is 99.2 cm³/mol. The van der Waals surface area contributed by atoms with E-state index in [1.54, 1.807) is 22.6 Å². The summed E-state index contributed by atoms with van der Waals surface area (Å²) >= 11 is 0.